The average molecular weight is 281 g/mol. The van der Waals surface area contributed by atoms with Gasteiger partial charge < -0.3 is 20.3 Å². The molecule has 0 bridgehead atoms. The minimum Gasteiger partial charge on any atom is -0.497 e. The summed E-state index contributed by atoms with van der Waals surface area (Å²) in [5, 5.41) is 20.7. The Morgan fingerprint density at radius 1 is 1.45 bits per heavy atom. The van der Waals surface area contributed by atoms with E-state index in [2.05, 4.69) is 5.32 Å². The van der Waals surface area contributed by atoms with Crippen LogP contribution in [-0.4, -0.2) is 41.3 Å². The summed E-state index contributed by atoms with van der Waals surface area (Å²) >= 11 is 0. The number of carbonyl (C=O) groups excluding carboxylic acids is 1. The Labute approximate surface area is 117 Å². The quantitative estimate of drug-likeness (QED) is 0.715. The number of carbonyl (C=O) groups is 2. The van der Waals surface area contributed by atoms with Crippen LogP contribution >= 0.6 is 0 Å². The number of aliphatic hydroxyl groups is 1. The molecule has 3 N–H and O–H groups in total. The molecule has 2 unspecified atom stereocenters. The Kier molecular flexibility index (Phi) is 5.10. The predicted molar refractivity (Wildman–Crippen MR) is 72.7 cm³/mol. The van der Waals surface area contributed by atoms with Crippen LogP contribution in [-0.2, 0) is 9.59 Å². The molecule has 1 amide bonds. The number of carboxylic acids is 1. The highest BCUT2D eigenvalue weighted by Crippen LogP contribution is 2.20. The summed E-state index contributed by atoms with van der Waals surface area (Å²) in [7, 11) is 1.54. The van der Waals surface area contributed by atoms with Gasteiger partial charge in [0, 0.05) is 0 Å². The van der Waals surface area contributed by atoms with Gasteiger partial charge in [0.2, 0.25) is 5.91 Å². The summed E-state index contributed by atoms with van der Waals surface area (Å²) in [5.74, 6) is -1.58. The lowest BCUT2D eigenvalue weighted by molar-refractivity contribution is -0.156. The SMILES string of the molecule is COc1cccc(C(C)C(=O)NCC(C)(O)C(=O)O)c1. The van der Waals surface area contributed by atoms with Gasteiger partial charge in [0.15, 0.2) is 5.60 Å². The number of hydrogen-bond donors (Lipinski definition) is 3. The van der Waals surface area contributed by atoms with Crippen molar-refractivity contribution in [3.05, 3.63) is 29.8 Å². The lowest BCUT2D eigenvalue weighted by Crippen LogP contribution is -2.47. The zero-order valence-electron chi connectivity index (χ0n) is 11.7. The van der Waals surface area contributed by atoms with Crippen molar-refractivity contribution in [2.45, 2.75) is 25.4 Å². The number of benzene rings is 1. The van der Waals surface area contributed by atoms with Crippen LogP contribution in [0.4, 0.5) is 0 Å². The van der Waals surface area contributed by atoms with Crippen molar-refractivity contribution in [3.8, 4) is 5.75 Å². The summed E-state index contributed by atoms with van der Waals surface area (Å²) in [6, 6.07) is 7.05. The van der Waals surface area contributed by atoms with Gasteiger partial charge in [0.1, 0.15) is 5.75 Å². The number of nitrogens with one attached hydrogen (secondary N) is 1. The molecule has 0 radical (unpaired) electrons. The molecule has 2 atom stereocenters. The molecule has 0 saturated heterocycles. The monoisotopic (exact) mass is 281 g/mol. The van der Waals surface area contributed by atoms with Crippen LogP contribution in [0.2, 0.25) is 0 Å². The van der Waals surface area contributed by atoms with E-state index in [1.807, 2.05) is 0 Å². The van der Waals surface area contributed by atoms with E-state index < -0.39 is 17.5 Å². The van der Waals surface area contributed by atoms with Crippen molar-refractivity contribution >= 4 is 11.9 Å². The number of carboxylic acid groups (broad SMARTS) is 1. The summed E-state index contributed by atoms with van der Waals surface area (Å²) < 4.78 is 5.08. The lowest BCUT2D eigenvalue weighted by atomic mass is 9.99. The van der Waals surface area contributed by atoms with E-state index in [1.165, 1.54) is 7.11 Å². The maximum Gasteiger partial charge on any atom is 0.337 e. The van der Waals surface area contributed by atoms with Gasteiger partial charge in [-0.05, 0) is 31.5 Å². The van der Waals surface area contributed by atoms with Crippen LogP contribution in [0.1, 0.15) is 25.3 Å². The van der Waals surface area contributed by atoms with Gasteiger partial charge in [-0.15, -0.1) is 0 Å². The maximum absolute atomic E-state index is 12.0. The van der Waals surface area contributed by atoms with Crippen molar-refractivity contribution in [1.82, 2.24) is 5.32 Å². The molecule has 6 nitrogen and oxygen atoms in total. The molecule has 0 spiro atoms. The first-order valence-corrected chi connectivity index (χ1v) is 6.15. The van der Waals surface area contributed by atoms with E-state index in [9.17, 15) is 14.7 Å². The minimum absolute atomic E-state index is 0.352. The number of aliphatic carboxylic acids is 1. The molecule has 0 aliphatic rings. The van der Waals surface area contributed by atoms with Gasteiger partial charge >= 0.3 is 5.97 Å². The predicted octanol–water partition coefficient (Wildman–Crippen LogP) is 0.750. The molecule has 0 fully saturated rings. The van der Waals surface area contributed by atoms with Crippen molar-refractivity contribution in [3.63, 3.8) is 0 Å². The average Bonchev–Trinajstić information content (AvgIpc) is 2.43. The molecule has 20 heavy (non-hydrogen) atoms. The van der Waals surface area contributed by atoms with Crippen molar-refractivity contribution in [1.29, 1.82) is 0 Å². The Balaban J connectivity index is 2.70. The summed E-state index contributed by atoms with van der Waals surface area (Å²) in [4.78, 5) is 22.7. The molecule has 1 aromatic carbocycles. The first-order valence-electron chi connectivity index (χ1n) is 6.15. The number of amides is 1. The first-order chi connectivity index (χ1) is 9.27. The Morgan fingerprint density at radius 3 is 2.65 bits per heavy atom. The van der Waals surface area contributed by atoms with Gasteiger partial charge in [-0.3, -0.25) is 4.79 Å². The van der Waals surface area contributed by atoms with Crippen LogP contribution in [0.3, 0.4) is 0 Å². The van der Waals surface area contributed by atoms with Gasteiger partial charge in [-0.1, -0.05) is 12.1 Å². The fourth-order valence-electron chi connectivity index (χ4n) is 1.55. The van der Waals surface area contributed by atoms with Crippen LogP contribution < -0.4 is 10.1 Å². The van der Waals surface area contributed by atoms with E-state index in [4.69, 9.17) is 9.84 Å². The van der Waals surface area contributed by atoms with E-state index in [0.29, 0.717) is 5.75 Å². The summed E-state index contributed by atoms with van der Waals surface area (Å²) in [5.41, 5.74) is -1.24. The van der Waals surface area contributed by atoms with Crippen molar-refractivity contribution in [2.24, 2.45) is 0 Å². The third kappa shape index (κ3) is 3.96. The highest BCUT2D eigenvalue weighted by atomic mass is 16.5. The van der Waals surface area contributed by atoms with Gasteiger partial charge in [-0.25, -0.2) is 4.79 Å². The van der Waals surface area contributed by atoms with Gasteiger partial charge in [0.25, 0.3) is 0 Å². The van der Waals surface area contributed by atoms with Crippen LogP contribution in [0, 0.1) is 0 Å². The molecular formula is C14H19NO5. The second-order valence-corrected chi connectivity index (χ2v) is 4.80. The number of hydrogen-bond acceptors (Lipinski definition) is 4. The standard InChI is InChI=1S/C14H19NO5/c1-9(10-5-4-6-11(7-10)20-3)12(16)15-8-14(2,19)13(17)18/h4-7,9,19H,8H2,1-3H3,(H,15,16)(H,17,18). The largest absolute Gasteiger partial charge is 0.497 e. The molecule has 6 heteroatoms. The van der Waals surface area contributed by atoms with Crippen molar-refractivity contribution < 1.29 is 24.5 Å². The van der Waals surface area contributed by atoms with Crippen molar-refractivity contribution in [2.75, 3.05) is 13.7 Å². The Morgan fingerprint density at radius 2 is 2.10 bits per heavy atom. The third-order valence-corrected chi connectivity index (χ3v) is 3.05. The number of methoxy groups -OCH3 is 1. The van der Waals surface area contributed by atoms with E-state index in [-0.39, 0.29) is 12.5 Å². The minimum atomic E-state index is -1.98. The third-order valence-electron chi connectivity index (χ3n) is 3.05. The zero-order chi connectivity index (χ0) is 15.3. The molecule has 0 aliphatic carbocycles. The molecule has 0 aromatic heterocycles. The summed E-state index contributed by atoms with van der Waals surface area (Å²) in [6.07, 6.45) is 0. The Bertz CT molecular complexity index is 498. The van der Waals surface area contributed by atoms with Gasteiger partial charge in [0.05, 0.1) is 19.6 Å². The molecule has 0 heterocycles. The fourth-order valence-corrected chi connectivity index (χ4v) is 1.55. The number of rotatable bonds is 6. The second kappa shape index (κ2) is 6.38. The molecule has 0 saturated carbocycles. The smallest absolute Gasteiger partial charge is 0.337 e. The molecule has 1 rings (SSSR count). The Hall–Kier alpha value is -2.08. The first kappa shape index (κ1) is 16.0. The van der Waals surface area contributed by atoms with Crippen LogP contribution in [0.15, 0.2) is 24.3 Å². The second-order valence-electron chi connectivity index (χ2n) is 4.80. The molecule has 1 aromatic rings. The summed E-state index contributed by atoms with van der Waals surface area (Å²) in [6.45, 7) is 2.47. The number of ether oxygens (including phenoxy) is 1. The molecule has 0 aliphatic heterocycles. The molecular weight excluding hydrogens is 262 g/mol. The highest BCUT2D eigenvalue weighted by molar-refractivity contribution is 5.84. The van der Waals surface area contributed by atoms with Gasteiger partial charge in [-0.2, -0.15) is 0 Å². The highest BCUT2D eigenvalue weighted by Gasteiger charge is 2.31. The fraction of sp³-hybridized carbons (Fsp3) is 0.429. The van der Waals surface area contributed by atoms with E-state index >= 15 is 0 Å². The lowest BCUT2D eigenvalue weighted by Gasteiger charge is -2.20. The molecule has 110 valence electrons. The van der Waals surface area contributed by atoms with Crippen LogP contribution in [0.5, 0.6) is 5.75 Å². The van der Waals surface area contributed by atoms with Crippen LogP contribution in [0.25, 0.3) is 0 Å². The van der Waals surface area contributed by atoms with E-state index in [0.717, 1.165) is 12.5 Å². The maximum atomic E-state index is 12.0. The zero-order valence-corrected chi connectivity index (χ0v) is 11.7. The van der Waals surface area contributed by atoms with E-state index in [1.54, 1.807) is 31.2 Å². The topological polar surface area (TPSA) is 95.9 Å². The normalized spacial score (nSPS) is 15.0.